The van der Waals surface area contributed by atoms with Gasteiger partial charge in [0.05, 0.1) is 26.4 Å². The molecule has 1 aromatic carbocycles. The summed E-state index contributed by atoms with van der Waals surface area (Å²) < 4.78 is 10.4. The van der Waals surface area contributed by atoms with Crippen LogP contribution < -0.4 is 10.1 Å². The van der Waals surface area contributed by atoms with E-state index in [1.165, 1.54) is 0 Å². The van der Waals surface area contributed by atoms with Crippen LogP contribution in [-0.2, 0) is 16.1 Å². The number of carbonyl (C=O) groups excluding carboxylic acids is 1. The molecule has 5 nitrogen and oxygen atoms in total. The van der Waals surface area contributed by atoms with Crippen LogP contribution in [0.4, 0.5) is 0 Å². The van der Waals surface area contributed by atoms with Crippen LogP contribution in [0.3, 0.4) is 0 Å². The van der Waals surface area contributed by atoms with Crippen LogP contribution in [0, 0.1) is 0 Å². The second-order valence-electron chi connectivity index (χ2n) is 4.89. The van der Waals surface area contributed by atoms with Crippen molar-refractivity contribution in [2.45, 2.75) is 19.5 Å². The number of hydrogen-bond donors (Lipinski definition) is 1. The summed E-state index contributed by atoms with van der Waals surface area (Å²) in [4.78, 5) is 14.3. The molecule has 1 N–H and O–H groups in total. The number of morpholine rings is 1. The van der Waals surface area contributed by atoms with E-state index in [9.17, 15) is 4.79 Å². The van der Waals surface area contributed by atoms with E-state index in [1.54, 1.807) is 7.11 Å². The van der Waals surface area contributed by atoms with Crippen molar-refractivity contribution in [3.63, 3.8) is 0 Å². The molecule has 5 heteroatoms. The van der Waals surface area contributed by atoms with Crippen LogP contribution in [0.15, 0.2) is 24.3 Å². The maximum absolute atomic E-state index is 12.1. The largest absolute Gasteiger partial charge is 0.497 e. The van der Waals surface area contributed by atoms with E-state index in [2.05, 4.69) is 10.2 Å². The predicted molar refractivity (Wildman–Crippen MR) is 76.7 cm³/mol. The lowest BCUT2D eigenvalue weighted by Crippen LogP contribution is -2.49. The van der Waals surface area contributed by atoms with E-state index in [0.717, 1.165) is 24.4 Å². The number of amides is 1. The Kier molecular flexibility index (Phi) is 5.38. The molecule has 1 atom stereocenters. The van der Waals surface area contributed by atoms with Crippen molar-refractivity contribution in [2.75, 3.05) is 33.4 Å². The van der Waals surface area contributed by atoms with Crippen LogP contribution in [0.5, 0.6) is 5.75 Å². The van der Waals surface area contributed by atoms with Crippen molar-refractivity contribution in [2.24, 2.45) is 0 Å². The summed E-state index contributed by atoms with van der Waals surface area (Å²) >= 11 is 0. The van der Waals surface area contributed by atoms with Crippen LogP contribution in [-0.4, -0.2) is 50.3 Å². The number of rotatable bonds is 5. The maximum Gasteiger partial charge on any atom is 0.237 e. The first-order valence-electron chi connectivity index (χ1n) is 6.93. The van der Waals surface area contributed by atoms with Gasteiger partial charge in [-0.05, 0) is 24.6 Å². The van der Waals surface area contributed by atoms with Gasteiger partial charge in [-0.25, -0.2) is 0 Å². The average molecular weight is 278 g/mol. The Balaban J connectivity index is 1.81. The Morgan fingerprint density at radius 1 is 1.35 bits per heavy atom. The van der Waals surface area contributed by atoms with Gasteiger partial charge in [0.15, 0.2) is 0 Å². The fraction of sp³-hybridized carbons (Fsp3) is 0.533. The highest BCUT2D eigenvalue weighted by molar-refractivity contribution is 5.81. The number of hydrogen-bond acceptors (Lipinski definition) is 4. The molecule has 1 fully saturated rings. The molecule has 0 spiro atoms. The normalized spacial score (nSPS) is 17.5. The van der Waals surface area contributed by atoms with Crippen LogP contribution in [0.25, 0.3) is 0 Å². The molecule has 1 amide bonds. The van der Waals surface area contributed by atoms with E-state index in [1.807, 2.05) is 31.2 Å². The third-order valence-corrected chi connectivity index (χ3v) is 3.60. The van der Waals surface area contributed by atoms with E-state index >= 15 is 0 Å². The van der Waals surface area contributed by atoms with Gasteiger partial charge in [0.1, 0.15) is 5.75 Å². The van der Waals surface area contributed by atoms with Crippen molar-refractivity contribution in [1.82, 2.24) is 10.2 Å². The van der Waals surface area contributed by atoms with Crippen molar-refractivity contribution in [3.8, 4) is 5.75 Å². The minimum absolute atomic E-state index is 0.0581. The van der Waals surface area contributed by atoms with Gasteiger partial charge < -0.3 is 14.8 Å². The van der Waals surface area contributed by atoms with Crippen molar-refractivity contribution < 1.29 is 14.3 Å². The number of benzene rings is 1. The Bertz CT molecular complexity index is 427. The lowest BCUT2D eigenvalue weighted by Gasteiger charge is -2.31. The van der Waals surface area contributed by atoms with Crippen LogP contribution in [0.2, 0.25) is 0 Å². The fourth-order valence-electron chi connectivity index (χ4n) is 2.21. The summed E-state index contributed by atoms with van der Waals surface area (Å²) in [5.41, 5.74) is 1.06. The van der Waals surface area contributed by atoms with Crippen molar-refractivity contribution in [1.29, 1.82) is 0 Å². The molecular formula is C15H22N2O3. The lowest BCUT2D eigenvalue weighted by molar-refractivity contribution is -0.127. The zero-order chi connectivity index (χ0) is 14.4. The molecule has 0 bridgehead atoms. The van der Waals surface area contributed by atoms with Gasteiger partial charge in [-0.2, -0.15) is 0 Å². The summed E-state index contributed by atoms with van der Waals surface area (Å²) in [6.07, 6.45) is 0. The zero-order valence-electron chi connectivity index (χ0n) is 12.1. The smallest absolute Gasteiger partial charge is 0.237 e. The fourth-order valence-corrected chi connectivity index (χ4v) is 2.21. The highest BCUT2D eigenvalue weighted by Gasteiger charge is 2.22. The van der Waals surface area contributed by atoms with E-state index in [-0.39, 0.29) is 11.9 Å². The number of nitrogens with zero attached hydrogens (tertiary/aromatic N) is 1. The van der Waals surface area contributed by atoms with Crippen LogP contribution >= 0.6 is 0 Å². The van der Waals surface area contributed by atoms with Gasteiger partial charge >= 0.3 is 0 Å². The molecule has 1 aromatic rings. The Labute approximate surface area is 119 Å². The van der Waals surface area contributed by atoms with Gasteiger partial charge in [-0.15, -0.1) is 0 Å². The Hall–Kier alpha value is -1.59. The zero-order valence-corrected chi connectivity index (χ0v) is 12.1. The minimum atomic E-state index is -0.114. The first kappa shape index (κ1) is 14.8. The number of methoxy groups -OCH3 is 1. The van der Waals surface area contributed by atoms with E-state index in [0.29, 0.717) is 19.8 Å². The predicted octanol–water partition coefficient (Wildman–Crippen LogP) is 1.03. The summed E-state index contributed by atoms with van der Waals surface area (Å²) in [6, 6.07) is 7.59. The topological polar surface area (TPSA) is 50.8 Å². The van der Waals surface area contributed by atoms with Crippen molar-refractivity contribution in [3.05, 3.63) is 29.8 Å². The third kappa shape index (κ3) is 3.95. The molecule has 1 aliphatic heterocycles. The molecular weight excluding hydrogens is 256 g/mol. The highest BCUT2D eigenvalue weighted by Crippen LogP contribution is 2.11. The summed E-state index contributed by atoms with van der Waals surface area (Å²) in [6.45, 7) is 5.52. The van der Waals surface area contributed by atoms with Gasteiger partial charge in [-0.3, -0.25) is 9.69 Å². The molecule has 0 unspecified atom stereocenters. The molecule has 0 aliphatic carbocycles. The highest BCUT2D eigenvalue weighted by atomic mass is 16.5. The van der Waals surface area contributed by atoms with Gasteiger partial charge in [-0.1, -0.05) is 12.1 Å². The second kappa shape index (κ2) is 7.26. The SMILES string of the molecule is COc1ccc(CNC(=O)[C@H](C)N2CCOCC2)cc1. The molecule has 1 saturated heterocycles. The number of ether oxygens (including phenoxy) is 2. The van der Waals surface area contributed by atoms with Gasteiger partial charge in [0, 0.05) is 19.6 Å². The quantitative estimate of drug-likeness (QED) is 0.874. The minimum Gasteiger partial charge on any atom is -0.497 e. The summed E-state index contributed by atoms with van der Waals surface area (Å²) in [5.74, 6) is 0.879. The van der Waals surface area contributed by atoms with Crippen molar-refractivity contribution >= 4 is 5.91 Å². The molecule has 0 saturated carbocycles. The molecule has 110 valence electrons. The summed E-state index contributed by atoms with van der Waals surface area (Å²) in [5, 5.41) is 2.97. The standard InChI is InChI=1S/C15H22N2O3/c1-12(17-7-9-20-10-8-17)15(18)16-11-13-3-5-14(19-2)6-4-13/h3-6,12H,7-11H2,1-2H3,(H,16,18)/t12-/m0/s1. The maximum atomic E-state index is 12.1. The monoisotopic (exact) mass is 278 g/mol. The van der Waals surface area contributed by atoms with Gasteiger partial charge in [0.25, 0.3) is 0 Å². The number of nitrogens with one attached hydrogen (secondary N) is 1. The molecule has 2 rings (SSSR count). The Morgan fingerprint density at radius 3 is 2.60 bits per heavy atom. The van der Waals surface area contributed by atoms with E-state index < -0.39 is 0 Å². The molecule has 0 aromatic heterocycles. The van der Waals surface area contributed by atoms with Gasteiger partial charge in [0.2, 0.25) is 5.91 Å². The molecule has 0 radical (unpaired) electrons. The first-order chi connectivity index (χ1) is 9.70. The average Bonchev–Trinajstić information content (AvgIpc) is 2.53. The first-order valence-corrected chi connectivity index (χ1v) is 6.93. The molecule has 1 heterocycles. The number of carbonyl (C=O) groups is 1. The summed E-state index contributed by atoms with van der Waals surface area (Å²) in [7, 11) is 1.64. The lowest BCUT2D eigenvalue weighted by atomic mass is 10.2. The third-order valence-electron chi connectivity index (χ3n) is 3.60. The van der Waals surface area contributed by atoms with Crippen LogP contribution in [0.1, 0.15) is 12.5 Å². The molecule has 1 aliphatic rings. The Morgan fingerprint density at radius 2 is 2.00 bits per heavy atom. The molecule has 20 heavy (non-hydrogen) atoms. The second-order valence-corrected chi connectivity index (χ2v) is 4.89. The van der Waals surface area contributed by atoms with E-state index in [4.69, 9.17) is 9.47 Å².